The van der Waals surface area contributed by atoms with Crippen molar-refractivity contribution in [2.75, 3.05) is 19.1 Å². The number of aryl methyl sites for hydroxylation is 1. The number of nitrogens with one attached hydrogen (secondary N) is 1. The molecule has 2 N–H and O–H groups in total. The van der Waals surface area contributed by atoms with Crippen LogP contribution in [-0.4, -0.2) is 42.1 Å². The number of carbonyl (C=O) groups excluding carboxylic acids is 1. The van der Waals surface area contributed by atoms with Gasteiger partial charge in [0.15, 0.2) is 0 Å². The molecule has 0 fully saturated rings. The maximum atomic E-state index is 13.2. The molecule has 3 aromatic carbocycles. The van der Waals surface area contributed by atoms with Crippen molar-refractivity contribution >= 4 is 23.6 Å². The number of hydrogen-bond donors (Lipinski definition) is 2. The summed E-state index contributed by atoms with van der Waals surface area (Å²) in [6.07, 6.45) is 2.27. The standard InChI is InChI=1S/C28H31NO5S.Li.H/c1-19-8-4-6-10-22(19)24-16-20(17-34-18-21-9-5-7-11-26(21)33-2)12-13-23(24)27(30)29-25(28(31)32)14-15-35-3;;/h4-13,16,25H,14-15,17-18H2,1-3H3,(H,29,30)(H,31,32);;/q;+1;-1/t25-;;/m0../s1. The summed E-state index contributed by atoms with van der Waals surface area (Å²) >= 11 is 1.55. The quantitative estimate of drug-likeness (QED) is 0.371. The van der Waals surface area contributed by atoms with Gasteiger partial charge in [-0.15, -0.1) is 0 Å². The number of rotatable bonds is 12. The predicted octanol–water partition coefficient (Wildman–Crippen LogP) is 2.44. The van der Waals surface area contributed by atoms with E-state index in [2.05, 4.69) is 5.32 Å². The zero-order valence-corrected chi connectivity index (χ0v) is 22.1. The van der Waals surface area contributed by atoms with E-state index in [1.165, 1.54) is 0 Å². The molecular weight excluding hydrogens is 469 g/mol. The summed E-state index contributed by atoms with van der Waals surface area (Å²) in [7, 11) is 1.63. The number of hydrogen-bond acceptors (Lipinski definition) is 5. The molecule has 3 aromatic rings. The van der Waals surface area contributed by atoms with Gasteiger partial charge in [-0.05, 0) is 65.8 Å². The Hall–Kier alpha value is -2.69. The molecule has 36 heavy (non-hydrogen) atoms. The Bertz CT molecular complexity index is 1180. The van der Waals surface area contributed by atoms with Gasteiger partial charge >= 0.3 is 24.8 Å². The first-order valence-corrected chi connectivity index (χ1v) is 12.7. The predicted molar refractivity (Wildman–Crippen MR) is 141 cm³/mol. The van der Waals surface area contributed by atoms with Crippen LogP contribution >= 0.6 is 11.8 Å². The van der Waals surface area contributed by atoms with Crippen LogP contribution in [0.4, 0.5) is 0 Å². The monoisotopic (exact) mass is 501 g/mol. The number of carboxylic acids is 1. The Morgan fingerprint density at radius 2 is 1.75 bits per heavy atom. The molecule has 0 aliphatic heterocycles. The van der Waals surface area contributed by atoms with E-state index in [4.69, 9.17) is 9.47 Å². The van der Waals surface area contributed by atoms with E-state index in [1.807, 2.05) is 73.8 Å². The maximum absolute atomic E-state index is 13.2. The molecule has 0 heterocycles. The molecule has 1 atom stereocenters. The van der Waals surface area contributed by atoms with Gasteiger partial charge in [0.2, 0.25) is 0 Å². The van der Waals surface area contributed by atoms with E-state index in [0.717, 1.165) is 33.6 Å². The summed E-state index contributed by atoms with van der Waals surface area (Å²) in [4.78, 5) is 24.8. The number of amides is 1. The average molecular weight is 502 g/mol. The molecule has 0 saturated heterocycles. The molecule has 0 unspecified atom stereocenters. The molecule has 0 aromatic heterocycles. The minimum atomic E-state index is -1.04. The smallest absolute Gasteiger partial charge is 1.00 e. The first-order chi connectivity index (χ1) is 16.9. The SMILES string of the molecule is COc1ccccc1COCc1ccc(C(=O)N[C@@H](CCSC)C(=O)O)c(-c2ccccc2C)c1.[H-].[Li+]. The molecular formula is C28H32LiNO5S. The number of aliphatic carboxylic acids is 1. The van der Waals surface area contributed by atoms with Gasteiger partial charge in [0, 0.05) is 11.1 Å². The van der Waals surface area contributed by atoms with Gasteiger partial charge in [-0.2, -0.15) is 11.8 Å². The second-order valence-electron chi connectivity index (χ2n) is 8.15. The van der Waals surface area contributed by atoms with E-state index in [1.54, 1.807) is 24.9 Å². The van der Waals surface area contributed by atoms with Gasteiger partial charge in [0.05, 0.1) is 20.3 Å². The summed E-state index contributed by atoms with van der Waals surface area (Å²) in [6.45, 7) is 2.73. The van der Waals surface area contributed by atoms with Gasteiger partial charge in [-0.25, -0.2) is 4.79 Å². The van der Waals surface area contributed by atoms with E-state index < -0.39 is 17.9 Å². The van der Waals surface area contributed by atoms with E-state index >= 15 is 0 Å². The van der Waals surface area contributed by atoms with Crippen LogP contribution in [0, 0.1) is 6.92 Å². The Labute approximate surface area is 230 Å². The van der Waals surface area contributed by atoms with Gasteiger partial charge in [-0.3, -0.25) is 4.79 Å². The molecule has 6 nitrogen and oxygen atoms in total. The molecule has 0 saturated carbocycles. The average Bonchev–Trinajstić information content (AvgIpc) is 2.86. The van der Waals surface area contributed by atoms with Crippen LogP contribution in [0.25, 0.3) is 11.1 Å². The maximum Gasteiger partial charge on any atom is 1.00 e. The van der Waals surface area contributed by atoms with Crippen molar-refractivity contribution in [2.24, 2.45) is 0 Å². The number of methoxy groups -OCH3 is 1. The molecule has 0 aliphatic carbocycles. The van der Waals surface area contributed by atoms with Gasteiger partial charge in [0.25, 0.3) is 5.91 Å². The Kier molecular flexibility index (Phi) is 12.1. The Morgan fingerprint density at radius 1 is 1.03 bits per heavy atom. The summed E-state index contributed by atoms with van der Waals surface area (Å²) < 4.78 is 11.3. The van der Waals surface area contributed by atoms with Crippen molar-refractivity contribution < 1.29 is 44.5 Å². The van der Waals surface area contributed by atoms with E-state index in [9.17, 15) is 14.7 Å². The largest absolute Gasteiger partial charge is 1.00 e. The van der Waals surface area contributed by atoms with Crippen LogP contribution in [0.15, 0.2) is 66.7 Å². The van der Waals surface area contributed by atoms with Crippen LogP contribution < -0.4 is 28.9 Å². The molecule has 3 rings (SSSR count). The fourth-order valence-electron chi connectivity index (χ4n) is 3.81. The van der Waals surface area contributed by atoms with Crippen molar-refractivity contribution in [2.45, 2.75) is 32.6 Å². The number of thioether (sulfide) groups is 1. The first-order valence-electron chi connectivity index (χ1n) is 11.4. The fraction of sp³-hybridized carbons (Fsp3) is 0.286. The van der Waals surface area contributed by atoms with Crippen LogP contribution in [0.2, 0.25) is 0 Å². The zero-order valence-electron chi connectivity index (χ0n) is 22.2. The van der Waals surface area contributed by atoms with Gasteiger partial charge in [-0.1, -0.05) is 48.5 Å². The van der Waals surface area contributed by atoms with Crippen LogP contribution in [0.5, 0.6) is 5.75 Å². The summed E-state index contributed by atoms with van der Waals surface area (Å²) in [5.74, 6) is -0.0243. The molecule has 0 spiro atoms. The Balaban J connectivity index is 0.00000342. The molecule has 186 valence electrons. The molecule has 0 bridgehead atoms. The third-order valence-electron chi connectivity index (χ3n) is 5.70. The van der Waals surface area contributed by atoms with Gasteiger partial charge in [0.1, 0.15) is 11.8 Å². The van der Waals surface area contributed by atoms with Crippen LogP contribution in [-0.2, 0) is 22.7 Å². The second kappa shape index (κ2) is 14.8. The number of ether oxygens (including phenoxy) is 2. The van der Waals surface area contributed by atoms with E-state index in [-0.39, 0.29) is 20.3 Å². The van der Waals surface area contributed by atoms with Gasteiger partial charge < -0.3 is 21.3 Å². The molecule has 0 aliphatic rings. The molecule has 1 amide bonds. The topological polar surface area (TPSA) is 84.9 Å². The van der Waals surface area contributed by atoms with Crippen molar-refractivity contribution in [3.05, 3.63) is 89.0 Å². The number of benzene rings is 3. The van der Waals surface area contributed by atoms with Crippen molar-refractivity contribution in [1.82, 2.24) is 5.32 Å². The van der Waals surface area contributed by atoms with Crippen molar-refractivity contribution in [3.8, 4) is 16.9 Å². The number of carboxylic acid groups (broad SMARTS) is 1. The minimum Gasteiger partial charge on any atom is -1.00 e. The number of carbonyl (C=O) groups is 2. The van der Waals surface area contributed by atoms with Crippen LogP contribution in [0.3, 0.4) is 0 Å². The third-order valence-corrected chi connectivity index (χ3v) is 6.34. The summed E-state index contributed by atoms with van der Waals surface area (Å²) in [5, 5.41) is 12.2. The minimum absolute atomic E-state index is 0. The van der Waals surface area contributed by atoms with Crippen LogP contribution in [0.1, 0.15) is 34.9 Å². The molecule has 0 radical (unpaired) electrons. The second-order valence-corrected chi connectivity index (χ2v) is 9.13. The normalized spacial score (nSPS) is 11.3. The summed E-state index contributed by atoms with van der Waals surface area (Å²) in [5.41, 5.74) is 4.98. The first kappa shape index (κ1) is 29.5. The van der Waals surface area contributed by atoms with E-state index in [0.29, 0.717) is 31.0 Å². The third kappa shape index (κ3) is 7.91. The summed E-state index contributed by atoms with van der Waals surface area (Å²) in [6, 6.07) is 20.1. The molecule has 8 heteroatoms. The zero-order chi connectivity index (χ0) is 25.2. The van der Waals surface area contributed by atoms with Crippen molar-refractivity contribution in [3.63, 3.8) is 0 Å². The van der Waals surface area contributed by atoms with Crippen molar-refractivity contribution in [1.29, 1.82) is 0 Å². The number of para-hydroxylation sites is 1. The Morgan fingerprint density at radius 3 is 2.44 bits per heavy atom. The fourth-order valence-corrected chi connectivity index (χ4v) is 4.28.